The zero-order valence-electron chi connectivity index (χ0n) is 15.4. The number of hydrogen-bond acceptors (Lipinski definition) is 3. The van der Waals surface area contributed by atoms with Crippen LogP contribution in [0, 0.1) is 19.3 Å². The van der Waals surface area contributed by atoms with Crippen molar-refractivity contribution in [2.45, 2.75) is 39.3 Å². The molecule has 142 valence electrons. The fraction of sp³-hybridized carbons (Fsp3) is 0.526. The molecule has 0 aromatic heterocycles. The summed E-state index contributed by atoms with van der Waals surface area (Å²) in [6, 6.07) is 7.74. The molecule has 0 aliphatic carbocycles. The van der Waals surface area contributed by atoms with Gasteiger partial charge in [-0.15, -0.1) is 6.42 Å². The monoisotopic (exact) mass is 377 g/mol. The van der Waals surface area contributed by atoms with E-state index in [0.717, 1.165) is 11.1 Å². The molecule has 0 spiro atoms. The second-order valence-electron chi connectivity index (χ2n) is 6.57. The molecule has 1 fully saturated rings. The highest BCUT2D eigenvalue weighted by molar-refractivity contribution is 7.89. The van der Waals surface area contributed by atoms with Gasteiger partial charge in [0.15, 0.2) is 0 Å². The fourth-order valence-corrected chi connectivity index (χ4v) is 4.08. The summed E-state index contributed by atoms with van der Waals surface area (Å²) in [5.74, 6) is 2.64. The van der Waals surface area contributed by atoms with Crippen LogP contribution in [0.25, 0.3) is 0 Å². The Bertz CT molecular complexity index is 745. The lowest BCUT2D eigenvalue weighted by Gasteiger charge is -2.32. The van der Waals surface area contributed by atoms with Crippen molar-refractivity contribution >= 4 is 16.1 Å². The molecule has 2 rings (SSSR count). The van der Waals surface area contributed by atoms with Crippen LogP contribution in [-0.4, -0.2) is 55.1 Å². The molecule has 1 aromatic rings. The van der Waals surface area contributed by atoms with Crippen LogP contribution in [0.1, 0.15) is 30.9 Å². The molecular formula is C19H27N3O3S. The van der Waals surface area contributed by atoms with Crippen LogP contribution in [-0.2, 0) is 16.6 Å². The Kier molecular flexibility index (Phi) is 7.06. The van der Waals surface area contributed by atoms with Crippen molar-refractivity contribution < 1.29 is 13.2 Å². The maximum atomic E-state index is 12.6. The van der Waals surface area contributed by atoms with Gasteiger partial charge in [-0.05, 0) is 32.3 Å². The molecule has 0 saturated carbocycles. The number of amides is 2. The predicted octanol–water partition coefficient (Wildman–Crippen LogP) is 1.95. The van der Waals surface area contributed by atoms with Gasteiger partial charge in [-0.25, -0.2) is 17.5 Å². The lowest BCUT2D eigenvalue weighted by atomic mass is 10.1. The third kappa shape index (κ3) is 5.48. The molecule has 0 unspecified atom stereocenters. The number of nitrogens with zero attached hydrogens (tertiary/aromatic N) is 2. The van der Waals surface area contributed by atoms with Gasteiger partial charge in [0.2, 0.25) is 10.0 Å². The number of sulfonamides is 1. The van der Waals surface area contributed by atoms with E-state index in [9.17, 15) is 13.2 Å². The number of aryl methyl sites for hydroxylation is 1. The van der Waals surface area contributed by atoms with Crippen LogP contribution in [0.4, 0.5) is 4.79 Å². The third-order valence-electron chi connectivity index (χ3n) is 4.60. The predicted molar refractivity (Wildman–Crippen MR) is 103 cm³/mol. The Labute approximate surface area is 156 Å². The fourth-order valence-electron chi connectivity index (χ4n) is 2.95. The van der Waals surface area contributed by atoms with E-state index < -0.39 is 10.0 Å². The Morgan fingerprint density at radius 3 is 2.46 bits per heavy atom. The van der Waals surface area contributed by atoms with Crippen molar-refractivity contribution in [2.24, 2.45) is 0 Å². The standard InChI is InChI=1S/C19H27N3O3S/c1-4-12-21(15-17-8-6-16(3)7-9-17)19(23)20-18-10-13-22(14-11-18)26(24,25)5-2/h1,6-9,18H,5,10-15H2,2-3H3,(H,20,23). The Morgan fingerprint density at radius 1 is 1.31 bits per heavy atom. The maximum Gasteiger partial charge on any atom is 0.318 e. The molecule has 2 amide bonds. The van der Waals surface area contributed by atoms with E-state index in [1.165, 1.54) is 4.31 Å². The molecule has 0 radical (unpaired) electrons. The van der Waals surface area contributed by atoms with E-state index in [0.29, 0.717) is 32.5 Å². The number of carbonyl (C=O) groups is 1. The summed E-state index contributed by atoms with van der Waals surface area (Å²) in [5.41, 5.74) is 2.18. The number of carbonyl (C=O) groups excluding carboxylic acids is 1. The highest BCUT2D eigenvalue weighted by Crippen LogP contribution is 2.15. The van der Waals surface area contributed by atoms with Gasteiger partial charge in [0.1, 0.15) is 0 Å². The highest BCUT2D eigenvalue weighted by Gasteiger charge is 2.28. The van der Waals surface area contributed by atoms with Crippen LogP contribution < -0.4 is 5.32 Å². The molecule has 6 nitrogen and oxygen atoms in total. The summed E-state index contributed by atoms with van der Waals surface area (Å²) in [6.07, 6.45) is 6.64. The largest absolute Gasteiger partial charge is 0.335 e. The minimum absolute atomic E-state index is 0.0379. The van der Waals surface area contributed by atoms with E-state index in [4.69, 9.17) is 6.42 Å². The molecule has 7 heteroatoms. The van der Waals surface area contributed by atoms with Crippen molar-refractivity contribution in [3.8, 4) is 12.3 Å². The maximum absolute atomic E-state index is 12.6. The molecule has 0 atom stereocenters. The molecule has 1 N–H and O–H groups in total. The van der Waals surface area contributed by atoms with Crippen molar-refractivity contribution in [3.63, 3.8) is 0 Å². The quantitative estimate of drug-likeness (QED) is 0.771. The lowest BCUT2D eigenvalue weighted by Crippen LogP contribution is -2.50. The minimum atomic E-state index is -3.16. The first kappa shape index (κ1) is 20.3. The van der Waals surface area contributed by atoms with Gasteiger partial charge in [0, 0.05) is 25.7 Å². The van der Waals surface area contributed by atoms with Crippen molar-refractivity contribution in [2.75, 3.05) is 25.4 Å². The number of benzene rings is 1. The van der Waals surface area contributed by atoms with Crippen molar-refractivity contribution in [1.82, 2.24) is 14.5 Å². The average Bonchev–Trinajstić information content (AvgIpc) is 2.63. The van der Waals surface area contributed by atoms with Gasteiger partial charge < -0.3 is 10.2 Å². The topological polar surface area (TPSA) is 69.7 Å². The normalized spacial score (nSPS) is 16.0. The van der Waals surface area contributed by atoms with Gasteiger partial charge in [-0.3, -0.25) is 0 Å². The summed E-state index contributed by atoms with van der Waals surface area (Å²) in [5, 5.41) is 3.00. The second kappa shape index (κ2) is 9.06. The third-order valence-corrected chi connectivity index (χ3v) is 6.48. The Morgan fingerprint density at radius 2 is 1.92 bits per heavy atom. The Balaban J connectivity index is 1.92. The molecule has 0 bridgehead atoms. The van der Waals surface area contributed by atoms with Crippen LogP contribution in [0.2, 0.25) is 0 Å². The summed E-state index contributed by atoms with van der Waals surface area (Å²) in [6.45, 7) is 5.21. The first-order valence-electron chi connectivity index (χ1n) is 8.88. The van der Waals surface area contributed by atoms with E-state index >= 15 is 0 Å². The lowest BCUT2D eigenvalue weighted by molar-refractivity contribution is 0.190. The highest BCUT2D eigenvalue weighted by atomic mass is 32.2. The average molecular weight is 378 g/mol. The number of nitrogens with one attached hydrogen (secondary N) is 1. The number of piperidine rings is 1. The molecule has 1 aromatic carbocycles. The SMILES string of the molecule is C#CCN(Cc1ccc(C)cc1)C(=O)NC1CCN(S(=O)(=O)CC)CC1. The first-order chi connectivity index (χ1) is 12.4. The summed E-state index contributed by atoms with van der Waals surface area (Å²) >= 11 is 0. The zero-order valence-corrected chi connectivity index (χ0v) is 16.3. The number of terminal acetylenes is 1. The summed E-state index contributed by atoms with van der Waals surface area (Å²) in [4.78, 5) is 14.2. The van der Waals surface area contributed by atoms with Gasteiger partial charge >= 0.3 is 6.03 Å². The minimum Gasteiger partial charge on any atom is -0.335 e. The smallest absolute Gasteiger partial charge is 0.318 e. The van der Waals surface area contributed by atoms with Crippen LogP contribution >= 0.6 is 0 Å². The van der Waals surface area contributed by atoms with Crippen LogP contribution in [0.3, 0.4) is 0 Å². The molecular weight excluding hydrogens is 350 g/mol. The van der Waals surface area contributed by atoms with Gasteiger partial charge in [0.05, 0.1) is 12.3 Å². The van der Waals surface area contributed by atoms with Gasteiger partial charge in [0.25, 0.3) is 0 Å². The van der Waals surface area contributed by atoms with E-state index in [1.54, 1.807) is 11.8 Å². The zero-order chi connectivity index (χ0) is 19.2. The summed E-state index contributed by atoms with van der Waals surface area (Å²) < 4.78 is 25.3. The number of rotatable bonds is 6. The van der Waals surface area contributed by atoms with E-state index in [2.05, 4.69) is 11.2 Å². The van der Waals surface area contributed by atoms with E-state index in [-0.39, 0.29) is 24.4 Å². The van der Waals surface area contributed by atoms with Crippen molar-refractivity contribution in [3.05, 3.63) is 35.4 Å². The molecule has 1 aliphatic heterocycles. The Hall–Kier alpha value is -2.04. The first-order valence-corrected chi connectivity index (χ1v) is 10.5. The molecule has 26 heavy (non-hydrogen) atoms. The van der Waals surface area contributed by atoms with Gasteiger partial charge in [-0.1, -0.05) is 35.7 Å². The van der Waals surface area contributed by atoms with Crippen LogP contribution in [0.5, 0.6) is 0 Å². The number of hydrogen-bond donors (Lipinski definition) is 1. The summed E-state index contributed by atoms with van der Waals surface area (Å²) in [7, 11) is -3.16. The second-order valence-corrected chi connectivity index (χ2v) is 8.83. The molecule has 1 saturated heterocycles. The number of urea groups is 1. The van der Waals surface area contributed by atoms with E-state index in [1.807, 2.05) is 31.2 Å². The molecule has 1 aliphatic rings. The molecule has 1 heterocycles. The van der Waals surface area contributed by atoms with Crippen molar-refractivity contribution in [1.29, 1.82) is 0 Å². The van der Waals surface area contributed by atoms with Gasteiger partial charge in [-0.2, -0.15) is 0 Å². The van der Waals surface area contributed by atoms with Crippen LogP contribution in [0.15, 0.2) is 24.3 Å².